The van der Waals surface area contributed by atoms with E-state index < -0.39 is 0 Å². The Hall–Kier alpha value is -0.565. The van der Waals surface area contributed by atoms with Crippen LogP contribution in [0.15, 0.2) is 60.8 Å². The van der Waals surface area contributed by atoms with Gasteiger partial charge >= 0.3 is 37.7 Å². The van der Waals surface area contributed by atoms with Crippen LogP contribution in [0, 0.1) is 21.4 Å². The molecule has 10 heteroatoms. The number of aromatic nitrogens is 3. The molecule has 0 radical (unpaired) electrons. The minimum atomic E-state index is 0. The van der Waals surface area contributed by atoms with E-state index in [0.29, 0.717) is 15.5 Å². The van der Waals surface area contributed by atoms with E-state index in [1.165, 1.54) is 11.3 Å². The maximum absolute atomic E-state index is 8.01. The average molecular weight is 515 g/mol. The molecule has 180 valence electrons. The molecule has 0 aliphatic carbocycles. The fourth-order valence-electron chi connectivity index (χ4n) is 1.44. The van der Waals surface area contributed by atoms with Crippen molar-refractivity contribution in [1.82, 2.24) is 19.9 Å². The molecule has 0 aliphatic rings. The van der Waals surface area contributed by atoms with E-state index in [1.54, 1.807) is 31.4 Å². The van der Waals surface area contributed by atoms with Crippen LogP contribution in [-0.2, 0) is 0 Å². The van der Waals surface area contributed by atoms with E-state index in [0.717, 1.165) is 17.8 Å². The zero-order valence-corrected chi connectivity index (χ0v) is 22.4. The molecule has 0 fully saturated rings. The number of aliphatic hydroxyl groups excluding tert-OH is 1. The second kappa shape index (κ2) is 28.7. The van der Waals surface area contributed by atoms with Gasteiger partial charge in [0.25, 0.3) is 0 Å². The van der Waals surface area contributed by atoms with Crippen LogP contribution in [0.2, 0.25) is 15.5 Å². The Kier molecular flexibility index (Phi) is 36.7. The Bertz CT molecular complexity index is 771. The largest absolute Gasteiger partial charge is 1.00 e. The van der Waals surface area contributed by atoms with Crippen LogP contribution in [-0.4, -0.2) is 38.7 Å². The summed E-state index contributed by atoms with van der Waals surface area (Å²) >= 11 is 17.0. The number of hydrogen-bond acceptors (Lipinski definition) is 5. The van der Waals surface area contributed by atoms with Gasteiger partial charge in [-0.05, 0) is 43.4 Å². The molecule has 3 heterocycles. The number of aliphatic hydroxyl groups is 1. The zero-order chi connectivity index (χ0) is 22.8. The SMILES string of the molecule is C.Clc1cccc(-c2cccc(Cl)n2)n1.Clc1ccccn1.[CH2-]CCC.[CH2-]N(C)CO.[CH3-].[Li+].[Li+]. The summed E-state index contributed by atoms with van der Waals surface area (Å²) in [6, 6.07) is 16.2. The van der Waals surface area contributed by atoms with Crippen LogP contribution < -0.4 is 37.7 Å². The molecule has 0 bridgehead atoms. The molecule has 0 atom stereocenters. The number of unbranched alkanes of at least 4 members (excludes halogenated alkanes) is 1. The maximum Gasteiger partial charge on any atom is 1.00 e. The van der Waals surface area contributed by atoms with E-state index >= 15 is 0 Å². The van der Waals surface area contributed by atoms with Gasteiger partial charge in [-0.2, -0.15) is 6.42 Å². The summed E-state index contributed by atoms with van der Waals surface area (Å²) in [5.74, 6) is 0. The molecule has 1 N–H and O–H groups in total. The summed E-state index contributed by atoms with van der Waals surface area (Å²) in [7, 11) is 5.03. The molecule has 3 rings (SSSR count). The summed E-state index contributed by atoms with van der Waals surface area (Å²) in [5, 5.41) is 9.45. The predicted molar refractivity (Wildman–Crippen MR) is 140 cm³/mol. The third-order valence-electron chi connectivity index (χ3n) is 2.92. The average Bonchev–Trinajstić information content (AvgIpc) is 2.75. The van der Waals surface area contributed by atoms with Crippen LogP contribution >= 0.6 is 34.8 Å². The van der Waals surface area contributed by atoms with Crippen molar-refractivity contribution in [2.75, 3.05) is 13.8 Å². The molecule has 0 aliphatic heterocycles. The third kappa shape index (κ3) is 24.6. The van der Waals surface area contributed by atoms with E-state index in [1.807, 2.05) is 36.4 Å². The van der Waals surface area contributed by atoms with Crippen molar-refractivity contribution >= 4 is 34.8 Å². The third-order valence-corrected chi connectivity index (χ3v) is 3.56. The first-order valence-electron chi connectivity index (χ1n) is 9.07. The second-order valence-corrected chi connectivity index (χ2v) is 6.86. The number of pyridine rings is 3. The number of halogens is 3. The maximum atomic E-state index is 8.01. The van der Waals surface area contributed by atoms with Crippen molar-refractivity contribution in [3.05, 3.63) is 97.7 Å². The Morgan fingerprint density at radius 3 is 1.44 bits per heavy atom. The molecule has 3 aromatic heterocycles. The molecular weight excluding hydrogens is 481 g/mol. The first kappa shape index (κ1) is 43.5. The number of hydrogen-bond donors (Lipinski definition) is 1. The van der Waals surface area contributed by atoms with Crippen molar-refractivity contribution in [2.45, 2.75) is 27.2 Å². The predicted octanol–water partition coefficient (Wildman–Crippen LogP) is 1.56. The fourth-order valence-corrected chi connectivity index (χ4v) is 1.90. The Labute approximate surface area is 246 Å². The zero-order valence-electron chi connectivity index (χ0n) is 20.2. The van der Waals surface area contributed by atoms with Crippen molar-refractivity contribution in [3.8, 4) is 11.4 Å². The first-order valence-corrected chi connectivity index (χ1v) is 10.2. The molecule has 0 spiro atoms. The van der Waals surface area contributed by atoms with Gasteiger partial charge in [-0.15, -0.1) is 0 Å². The van der Waals surface area contributed by atoms with Crippen LogP contribution in [0.1, 0.15) is 27.2 Å². The molecule has 0 saturated carbocycles. The topological polar surface area (TPSA) is 62.1 Å². The molecule has 3 aromatic rings. The number of rotatable bonds is 3. The normalized spacial score (nSPS) is 8.26. The van der Waals surface area contributed by atoms with E-state index in [9.17, 15) is 0 Å². The Morgan fingerprint density at radius 1 is 0.853 bits per heavy atom. The Balaban J connectivity index is -0.000000121. The molecular formula is C24H34Cl3Li2N4O-. The van der Waals surface area contributed by atoms with Gasteiger partial charge in [0.15, 0.2) is 0 Å². The van der Waals surface area contributed by atoms with Gasteiger partial charge in [0.1, 0.15) is 15.5 Å². The van der Waals surface area contributed by atoms with Crippen LogP contribution in [0.4, 0.5) is 0 Å². The molecule has 0 unspecified atom stereocenters. The quantitative estimate of drug-likeness (QED) is 0.249. The van der Waals surface area contributed by atoms with Gasteiger partial charge in [0.2, 0.25) is 0 Å². The van der Waals surface area contributed by atoms with Crippen molar-refractivity contribution in [1.29, 1.82) is 0 Å². The molecule has 0 amide bonds. The van der Waals surface area contributed by atoms with Gasteiger partial charge in [-0.25, -0.2) is 15.0 Å². The second-order valence-electron chi connectivity index (χ2n) is 5.69. The van der Waals surface area contributed by atoms with Gasteiger partial charge in [0, 0.05) is 6.20 Å². The van der Waals surface area contributed by atoms with Crippen LogP contribution in [0.3, 0.4) is 0 Å². The molecule has 34 heavy (non-hydrogen) atoms. The van der Waals surface area contributed by atoms with E-state index in [2.05, 4.69) is 35.8 Å². The number of nitrogens with zero attached hydrogens (tertiary/aromatic N) is 4. The standard InChI is InChI=1S/C10H6Cl2N2.C5H4ClN.C4H9.C3H8NO.CH4.CH3.2Li/c11-9-5-1-3-7(13-9)8-4-2-6-10(12)14-8;6-5-3-1-2-4-7-5;1-3-4-2;1-4(2)3-5;;;;/h1-6H;1-4H;1,3-4H2,2H3;5H,1,3H2,2H3;1H4;1H3;;/q;;2*-1;;-1;2*+1. The Morgan fingerprint density at radius 2 is 1.24 bits per heavy atom. The van der Waals surface area contributed by atoms with Crippen molar-refractivity contribution in [3.63, 3.8) is 0 Å². The van der Waals surface area contributed by atoms with Crippen molar-refractivity contribution < 1.29 is 42.8 Å². The van der Waals surface area contributed by atoms with Crippen LogP contribution in [0.5, 0.6) is 0 Å². The van der Waals surface area contributed by atoms with E-state index in [4.69, 9.17) is 39.9 Å². The minimum absolute atomic E-state index is 0. The van der Waals surface area contributed by atoms with Gasteiger partial charge < -0.3 is 24.4 Å². The van der Waals surface area contributed by atoms with Gasteiger partial charge in [-0.3, -0.25) is 7.05 Å². The summed E-state index contributed by atoms with van der Waals surface area (Å²) in [4.78, 5) is 13.4. The first-order chi connectivity index (χ1) is 14.3. The van der Waals surface area contributed by atoms with Crippen molar-refractivity contribution in [2.24, 2.45) is 0 Å². The van der Waals surface area contributed by atoms with Gasteiger partial charge in [-0.1, -0.05) is 73.8 Å². The summed E-state index contributed by atoms with van der Waals surface area (Å²) < 4.78 is 0. The van der Waals surface area contributed by atoms with E-state index in [-0.39, 0.29) is 59.3 Å². The summed E-state index contributed by atoms with van der Waals surface area (Å²) in [6.07, 6.45) is 3.93. The molecule has 0 aromatic carbocycles. The van der Waals surface area contributed by atoms with Crippen LogP contribution in [0.25, 0.3) is 11.4 Å². The molecule has 5 nitrogen and oxygen atoms in total. The fraction of sp³-hybridized carbons (Fsp3) is 0.250. The summed E-state index contributed by atoms with van der Waals surface area (Å²) in [5.41, 5.74) is 1.44. The monoisotopic (exact) mass is 513 g/mol. The minimum Gasteiger partial charge on any atom is -0.440 e. The smallest absolute Gasteiger partial charge is 0.440 e. The van der Waals surface area contributed by atoms with Gasteiger partial charge in [0.05, 0.1) is 18.1 Å². The summed E-state index contributed by atoms with van der Waals surface area (Å²) in [6.45, 7) is 5.75. The molecule has 0 saturated heterocycles.